The van der Waals surface area contributed by atoms with Crippen LogP contribution in [0.5, 0.6) is 5.75 Å². The summed E-state index contributed by atoms with van der Waals surface area (Å²) >= 11 is 3.37. The summed E-state index contributed by atoms with van der Waals surface area (Å²) in [6, 6.07) is 6.04. The summed E-state index contributed by atoms with van der Waals surface area (Å²) in [7, 11) is 0. The van der Waals surface area contributed by atoms with E-state index in [2.05, 4.69) is 11.4 Å². The van der Waals surface area contributed by atoms with E-state index in [4.69, 9.17) is 9.78 Å². The van der Waals surface area contributed by atoms with Gasteiger partial charge in [-0.25, -0.2) is 0 Å². The Kier molecular flexibility index (Phi) is 3.18. The normalized spacial score (nSPS) is 10.4. The van der Waals surface area contributed by atoms with Crippen molar-refractivity contribution in [3.05, 3.63) is 29.0 Å². The maximum absolute atomic E-state index is 5.17. The summed E-state index contributed by atoms with van der Waals surface area (Å²) < 4.78 is 0. The standard InChI is InChI=1S/C10H10O2S2/c1-2-11-12-8-5-7-14-10(8)9-4-3-6-13-9/h3-7H,2H2,1H3. The van der Waals surface area contributed by atoms with Crippen molar-refractivity contribution in [2.75, 3.05) is 6.61 Å². The third-order valence-electron chi connectivity index (χ3n) is 1.64. The molecule has 74 valence electrons. The lowest BCUT2D eigenvalue weighted by molar-refractivity contribution is -0.201. The second-order valence-corrected chi connectivity index (χ2v) is 4.44. The van der Waals surface area contributed by atoms with Crippen molar-refractivity contribution in [1.82, 2.24) is 0 Å². The summed E-state index contributed by atoms with van der Waals surface area (Å²) in [5.74, 6) is 0.805. The lowest BCUT2D eigenvalue weighted by Gasteiger charge is -2.02. The van der Waals surface area contributed by atoms with Gasteiger partial charge in [0.2, 0.25) is 0 Å². The minimum absolute atomic E-state index is 0.555. The highest BCUT2D eigenvalue weighted by Gasteiger charge is 2.09. The van der Waals surface area contributed by atoms with Crippen LogP contribution in [0.2, 0.25) is 0 Å². The van der Waals surface area contributed by atoms with Gasteiger partial charge in [0.15, 0.2) is 5.75 Å². The average Bonchev–Trinajstić information content (AvgIpc) is 2.84. The molecule has 0 aromatic carbocycles. The van der Waals surface area contributed by atoms with E-state index in [0.717, 1.165) is 10.6 Å². The van der Waals surface area contributed by atoms with Crippen LogP contribution in [0.1, 0.15) is 6.92 Å². The second-order valence-electron chi connectivity index (χ2n) is 2.58. The third-order valence-corrected chi connectivity index (χ3v) is 3.59. The highest BCUT2D eigenvalue weighted by Crippen LogP contribution is 2.37. The van der Waals surface area contributed by atoms with E-state index in [9.17, 15) is 0 Å². The first kappa shape index (κ1) is 9.71. The van der Waals surface area contributed by atoms with Crippen LogP contribution in [0.25, 0.3) is 9.75 Å². The zero-order valence-corrected chi connectivity index (χ0v) is 9.36. The topological polar surface area (TPSA) is 18.5 Å². The van der Waals surface area contributed by atoms with Gasteiger partial charge >= 0.3 is 0 Å². The summed E-state index contributed by atoms with van der Waals surface area (Å²) in [5.41, 5.74) is 0. The van der Waals surface area contributed by atoms with Gasteiger partial charge in [0.1, 0.15) is 0 Å². The van der Waals surface area contributed by atoms with Crippen molar-refractivity contribution >= 4 is 22.7 Å². The van der Waals surface area contributed by atoms with Crippen LogP contribution in [0, 0.1) is 0 Å². The van der Waals surface area contributed by atoms with Crippen LogP contribution < -0.4 is 4.89 Å². The SMILES string of the molecule is CCOOc1ccsc1-c1cccs1. The molecule has 0 atom stereocenters. The number of hydrogen-bond acceptors (Lipinski definition) is 4. The van der Waals surface area contributed by atoms with Gasteiger partial charge in [0.05, 0.1) is 11.5 Å². The monoisotopic (exact) mass is 226 g/mol. The first-order valence-corrected chi connectivity index (χ1v) is 6.08. The molecule has 0 bridgehead atoms. The maximum Gasteiger partial charge on any atom is 0.184 e. The Hall–Kier alpha value is -0.840. The molecule has 0 saturated heterocycles. The molecule has 0 saturated carbocycles. The first-order chi connectivity index (χ1) is 6.92. The van der Waals surface area contributed by atoms with Gasteiger partial charge in [0, 0.05) is 4.88 Å². The van der Waals surface area contributed by atoms with Crippen LogP contribution >= 0.6 is 22.7 Å². The highest BCUT2D eigenvalue weighted by molar-refractivity contribution is 7.20. The van der Waals surface area contributed by atoms with Gasteiger partial charge in [-0.3, -0.25) is 0 Å². The van der Waals surface area contributed by atoms with Crippen LogP contribution in [0.15, 0.2) is 29.0 Å². The van der Waals surface area contributed by atoms with Crippen LogP contribution in [-0.2, 0) is 4.89 Å². The maximum atomic E-state index is 5.17. The Labute approximate surface area is 90.7 Å². The molecule has 0 N–H and O–H groups in total. The van der Waals surface area contributed by atoms with E-state index in [-0.39, 0.29) is 0 Å². The second kappa shape index (κ2) is 4.59. The number of thiophene rings is 2. The molecule has 0 aliphatic heterocycles. The van der Waals surface area contributed by atoms with E-state index in [0.29, 0.717) is 6.61 Å². The number of hydrogen-bond donors (Lipinski definition) is 0. The molecule has 0 radical (unpaired) electrons. The Bertz CT molecular complexity index is 378. The molecule has 0 spiro atoms. The molecule has 2 aromatic heterocycles. The third kappa shape index (κ3) is 1.97. The number of rotatable bonds is 4. The smallest absolute Gasteiger partial charge is 0.184 e. The van der Waals surface area contributed by atoms with E-state index in [1.807, 2.05) is 24.4 Å². The molecule has 0 unspecified atom stereocenters. The quantitative estimate of drug-likeness (QED) is 0.583. The Balaban J connectivity index is 2.22. The summed E-state index contributed by atoms with van der Waals surface area (Å²) in [6.45, 7) is 2.46. The summed E-state index contributed by atoms with van der Waals surface area (Å²) in [4.78, 5) is 12.4. The minimum Gasteiger partial charge on any atom is -0.336 e. The Morgan fingerprint density at radius 2 is 2.14 bits per heavy atom. The zero-order valence-electron chi connectivity index (χ0n) is 7.73. The van der Waals surface area contributed by atoms with Crippen molar-refractivity contribution in [2.24, 2.45) is 0 Å². The van der Waals surface area contributed by atoms with Crippen molar-refractivity contribution in [3.8, 4) is 15.5 Å². The van der Waals surface area contributed by atoms with Gasteiger partial charge in [-0.15, -0.1) is 22.7 Å². The molecule has 0 fully saturated rings. The molecule has 0 aliphatic carbocycles. The summed E-state index contributed by atoms with van der Waals surface area (Å²) in [5, 5.41) is 4.06. The largest absolute Gasteiger partial charge is 0.336 e. The van der Waals surface area contributed by atoms with Crippen molar-refractivity contribution in [3.63, 3.8) is 0 Å². The molecule has 4 heteroatoms. The van der Waals surface area contributed by atoms with Gasteiger partial charge in [-0.05, 0) is 29.8 Å². The molecule has 2 rings (SSSR count). The Morgan fingerprint density at radius 3 is 2.86 bits per heavy atom. The fraction of sp³-hybridized carbons (Fsp3) is 0.200. The van der Waals surface area contributed by atoms with Gasteiger partial charge in [-0.1, -0.05) is 6.07 Å². The van der Waals surface area contributed by atoms with Crippen LogP contribution in [-0.4, -0.2) is 6.61 Å². The lowest BCUT2D eigenvalue weighted by atomic mass is 10.3. The van der Waals surface area contributed by atoms with Crippen LogP contribution in [0.4, 0.5) is 0 Å². The molecule has 2 nitrogen and oxygen atoms in total. The summed E-state index contributed by atoms with van der Waals surface area (Å²) in [6.07, 6.45) is 0. The van der Waals surface area contributed by atoms with Crippen molar-refractivity contribution in [1.29, 1.82) is 0 Å². The van der Waals surface area contributed by atoms with Crippen LogP contribution in [0.3, 0.4) is 0 Å². The Morgan fingerprint density at radius 1 is 1.21 bits per heavy atom. The van der Waals surface area contributed by atoms with Gasteiger partial charge < -0.3 is 4.89 Å². The van der Waals surface area contributed by atoms with E-state index in [1.54, 1.807) is 22.7 Å². The van der Waals surface area contributed by atoms with Gasteiger partial charge in [-0.2, -0.15) is 4.89 Å². The molecular formula is C10H10O2S2. The predicted octanol–water partition coefficient (Wildman–Crippen LogP) is 3.81. The minimum atomic E-state index is 0.555. The molecule has 0 amide bonds. The van der Waals surface area contributed by atoms with E-state index in [1.165, 1.54) is 4.88 Å². The molecule has 2 aromatic rings. The lowest BCUT2D eigenvalue weighted by Crippen LogP contribution is -1.94. The van der Waals surface area contributed by atoms with Crippen molar-refractivity contribution < 1.29 is 9.78 Å². The highest BCUT2D eigenvalue weighted by atomic mass is 32.1. The molecule has 2 heterocycles. The predicted molar refractivity (Wildman–Crippen MR) is 59.9 cm³/mol. The molecular weight excluding hydrogens is 216 g/mol. The van der Waals surface area contributed by atoms with E-state index >= 15 is 0 Å². The fourth-order valence-electron chi connectivity index (χ4n) is 1.07. The van der Waals surface area contributed by atoms with Crippen molar-refractivity contribution in [2.45, 2.75) is 6.92 Å². The first-order valence-electron chi connectivity index (χ1n) is 4.32. The fourth-order valence-corrected chi connectivity index (χ4v) is 2.76. The molecule has 0 aliphatic rings. The average molecular weight is 226 g/mol. The molecule has 14 heavy (non-hydrogen) atoms. The van der Waals surface area contributed by atoms with E-state index < -0.39 is 0 Å². The van der Waals surface area contributed by atoms with Gasteiger partial charge in [0.25, 0.3) is 0 Å². The zero-order chi connectivity index (χ0) is 9.80.